The van der Waals surface area contributed by atoms with E-state index in [1.165, 1.54) is 0 Å². The van der Waals surface area contributed by atoms with E-state index in [2.05, 4.69) is 5.32 Å². The first-order valence-corrected chi connectivity index (χ1v) is 3.50. The summed E-state index contributed by atoms with van der Waals surface area (Å²) in [6, 6.07) is -0.0694. The zero-order valence-corrected chi connectivity index (χ0v) is 5.53. The monoisotopic (exact) mass is 145 g/mol. The van der Waals surface area contributed by atoms with E-state index in [4.69, 9.17) is 4.74 Å². The topological polar surface area (TPSA) is 61.7 Å². The maximum absolute atomic E-state index is 9.28. The summed E-state index contributed by atoms with van der Waals surface area (Å²) in [6.45, 7) is 1.17. The lowest BCUT2D eigenvalue weighted by molar-refractivity contribution is -0.175. The van der Waals surface area contributed by atoms with Gasteiger partial charge in [0.25, 0.3) is 0 Å². The van der Waals surface area contributed by atoms with Crippen molar-refractivity contribution in [2.24, 2.45) is 0 Å². The van der Waals surface area contributed by atoms with Crippen LogP contribution in [0, 0.1) is 0 Å². The van der Waals surface area contributed by atoms with Crippen LogP contribution in [-0.2, 0) is 4.74 Å². The Morgan fingerprint density at radius 2 is 2.10 bits per heavy atom. The van der Waals surface area contributed by atoms with Crippen molar-refractivity contribution in [1.29, 1.82) is 0 Å². The van der Waals surface area contributed by atoms with Crippen molar-refractivity contribution in [3.05, 3.63) is 0 Å². The number of ether oxygens (including phenoxy) is 1. The Morgan fingerprint density at radius 1 is 1.30 bits per heavy atom. The fourth-order valence-corrected chi connectivity index (χ4v) is 1.51. The Bertz CT molecular complexity index is 113. The van der Waals surface area contributed by atoms with Crippen molar-refractivity contribution in [2.75, 3.05) is 13.2 Å². The van der Waals surface area contributed by atoms with Crippen molar-refractivity contribution in [2.45, 2.75) is 24.4 Å². The quantitative estimate of drug-likeness (QED) is 0.372. The molecule has 4 nitrogen and oxygen atoms in total. The van der Waals surface area contributed by atoms with E-state index in [0.717, 1.165) is 0 Å². The van der Waals surface area contributed by atoms with Crippen molar-refractivity contribution < 1.29 is 14.9 Å². The maximum atomic E-state index is 9.28. The fraction of sp³-hybridized carbons (Fsp3) is 1.00. The molecule has 0 aromatic carbocycles. The molecule has 3 heterocycles. The number of hydrogen-bond acceptors (Lipinski definition) is 4. The highest BCUT2D eigenvalue weighted by molar-refractivity contribution is 4.97. The van der Waals surface area contributed by atoms with Crippen molar-refractivity contribution >= 4 is 0 Å². The molecule has 0 spiro atoms. The highest BCUT2D eigenvalue weighted by atomic mass is 16.5. The van der Waals surface area contributed by atoms with Gasteiger partial charge in [0.1, 0.15) is 6.10 Å². The summed E-state index contributed by atoms with van der Waals surface area (Å²) in [4.78, 5) is 0. The van der Waals surface area contributed by atoms with Crippen LogP contribution in [0.2, 0.25) is 0 Å². The lowest BCUT2D eigenvalue weighted by atomic mass is 9.93. The molecule has 4 atom stereocenters. The Labute approximate surface area is 58.8 Å². The number of nitrogens with one attached hydrogen (secondary N) is 1. The van der Waals surface area contributed by atoms with E-state index in [0.29, 0.717) is 13.2 Å². The van der Waals surface area contributed by atoms with Gasteiger partial charge < -0.3 is 20.3 Å². The third kappa shape index (κ3) is 0.769. The smallest absolute Gasteiger partial charge is 0.109 e. The van der Waals surface area contributed by atoms with Gasteiger partial charge in [-0.3, -0.25) is 0 Å². The minimum Gasteiger partial charge on any atom is -0.389 e. The van der Waals surface area contributed by atoms with Crippen LogP contribution in [-0.4, -0.2) is 47.7 Å². The second kappa shape index (κ2) is 2.17. The van der Waals surface area contributed by atoms with Gasteiger partial charge in [-0.05, 0) is 0 Å². The lowest BCUT2D eigenvalue weighted by Gasteiger charge is -2.44. The molecule has 2 bridgehead atoms. The minimum absolute atomic E-state index is 0.0694. The summed E-state index contributed by atoms with van der Waals surface area (Å²) in [5.74, 6) is 0. The molecule has 0 radical (unpaired) electrons. The zero-order valence-electron chi connectivity index (χ0n) is 5.53. The molecule has 58 valence electrons. The number of hydrogen-bond donors (Lipinski definition) is 3. The molecule has 0 saturated carbocycles. The first-order valence-electron chi connectivity index (χ1n) is 3.50. The second-order valence-electron chi connectivity index (χ2n) is 2.87. The van der Waals surface area contributed by atoms with Gasteiger partial charge in [-0.1, -0.05) is 0 Å². The van der Waals surface area contributed by atoms with Gasteiger partial charge >= 0.3 is 0 Å². The molecule has 10 heavy (non-hydrogen) atoms. The van der Waals surface area contributed by atoms with Gasteiger partial charge in [-0.15, -0.1) is 0 Å². The molecule has 3 saturated heterocycles. The van der Waals surface area contributed by atoms with Crippen LogP contribution in [0.25, 0.3) is 0 Å². The van der Waals surface area contributed by atoms with E-state index in [-0.39, 0.29) is 12.1 Å². The minimum atomic E-state index is -0.694. The summed E-state index contributed by atoms with van der Waals surface area (Å²) in [5, 5.41) is 21.6. The van der Waals surface area contributed by atoms with E-state index >= 15 is 0 Å². The van der Waals surface area contributed by atoms with Gasteiger partial charge in [0.05, 0.1) is 24.9 Å². The largest absolute Gasteiger partial charge is 0.389 e. The van der Waals surface area contributed by atoms with Gasteiger partial charge in [-0.2, -0.15) is 0 Å². The average molecular weight is 145 g/mol. The van der Waals surface area contributed by atoms with Crippen LogP contribution in [0.15, 0.2) is 0 Å². The predicted octanol–water partition coefficient (Wildman–Crippen LogP) is -1.92. The predicted molar refractivity (Wildman–Crippen MR) is 33.5 cm³/mol. The van der Waals surface area contributed by atoms with Crippen LogP contribution in [0.4, 0.5) is 0 Å². The van der Waals surface area contributed by atoms with Crippen LogP contribution < -0.4 is 5.32 Å². The van der Waals surface area contributed by atoms with Gasteiger partial charge in [0.2, 0.25) is 0 Å². The normalized spacial score (nSPS) is 53.4. The van der Waals surface area contributed by atoms with Crippen LogP contribution in [0.3, 0.4) is 0 Å². The Hall–Kier alpha value is -0.160. The molecule has 0 aromatic heterocycles. The third-order valence-corrected chi connectivity index (χ3v) is 2.21. The molecule has 3 N–H and O–H groups in total. The number of morpholine rings is 1. The molecule has 3 rings (SSSR count). The summed E-state index contributed by atoms with van der Waals surface area (Å²) >= 11 is 0. The van der Waals surface area contributed by atoms with E-state index in [9.17, 15) is 10.2 Å². The highest BCUT2D eigenvalue weighted by Crippen LogP contribution is 2.19. The number of rotatable bonds is 0. The summed E-state index contributed by atoms with van der Waals surface area (Å²) in [7, 11) is 0. The number of aliphatic hydroxyl groups excluding tert-OH is 2. The average Bonchev–Trinajstić information content (AvgIpc) is 2.00. The Kier molecular flexibility index (Phi) is 1.42. The summed E-state index contributed by atoms with van der Waals surface area (Å²) < 4.78 is 5.19. The maximum Gasteiger partial charge on any atom is 0.109 e. The molecule has 0 aliphatic carbocycles. The van der Waals surface area contributed by atoms with E-state index in [1.54, 1.807) is 0 Å². The molecule has 3 aliphatic heterocycles. The number of aliphatic hydroxyl groups is 2. The summed E-state index contributed by atoms with van der Waals surface area (Å²) in [6.07, 6.45) is -1.55. The molecule has 0 aromatic rings. The number of piperidine rings is 1. The van der Waals surface area contributed by atoms with Crippen molar-refractivity contribution in [1.82, 2.24) is 5.32 Å². The van der Waals surface area contributed by atoms with Crippen molar-refractivity contribution in [3.63, 3.8) is 0 Å². The fourth-order valence-electron chi connectivity index (χ4n) is 1.51. The molecule has 0 unspecified atom stereocenters. The van der Waals surface area contributed by atoms with Gasteiger partial charge in [0.15, 0.2) is 0 Å². The van der Waals surface area contributed by atoms with Crippen LogP contribution in [0.5, 0.6) is 0 Å². The molecule has 3 fully saturated rings. The third-order valence-electron chi connectivity index (χ3n) is 2.21. The summed E-state index contributed by atoms with van der Waals surface area (Å²) in [5.41, 5.74) is 0. The van der Waals surface area contributed by atoms with Crippen molar-refractivity contribution in [3.8, 4) is 0 Å². The molecule has 4 heteroatoms. The van der Waals surface area contributed by atoms with Crippen LogP contribution >= 0.6 is 0 Å². The second-order valence-corrected chi connectivity index (χ2v) is 2.87. The first-order chi connectivity index (χ1) is 4.79. The molecular formula is C6H11NO3. The van der Waals surface area contributed by atoms with E-state index in [1.807, 2.05) is 0 Å². The first kappa shape index (κ1) is 6.54. The Balaban J connectivity index is 2.13. The zero-order chi connectivity index (χ0) is 7.14. The Morgan fingerprint density at radius 3 is 2.40 bits per heavy atom. The molecule has 0 amide bonds. The standard InChI is InChI=1S/C6H11NO3/c8-5-3-2-10-4(1-7-3)6(5)9/h3-9H,1-2H2/t3-,4+,5+,6+/m0/s1. The van der Waals surface area contributed by atoms with Gasteiger partial charge in [-0.25, -0.2) is 0 Å². The van der Waals surface area contributed by atoms with Crippen LogP contribution in [0.1, 0.15) is 0 Å². The molecular weight excluding hydrogens is 134 g/mol. The number of fused-ring (bicyclic) bond motifs is 3. The van der Waals surface area contributed by atoms with Gasteiger partial charge in [0, 0.05) is 6.54 Å². The van der Waals surface area contributed by atoms with E-state index < -0.39 is 12.2 Å². The molecule has 3 aliphatic rings. The lowest BCUT2D eigenvalue weighted by Crippen LogP contribution is -2.66. The SMILES string of the molecule is O[C@H]1[C@H](O)[C@H]2CN[C@H]1CO2. The highest BCUT2D eigenvalue weighted by Gasteiger charge is 2.42.